The van der Waals surface area contributed by atoms with Gasteiger partial charge in [0.1, 0.15) is 17.5 Å². The number of hydrogen-bond acceptors (Lipinski definition) is 2. The highest BCUT2D eigenvalue weighted by atomic mass is 19.1. The molecule has 3 rings (SSSR count). The van der Waals surface area contributed by atoms with E-state index in [4.69, 9.17) is 0 Å². The van der Waals surface area contributed by atoms with Crippen LogP contribution in [-0.2, 0) is 11.3 Å². The Bertz CT molecular complexity index is 809. The SMILES string of the molecule is Cc1ccc(N2CCN(Cc3ccc(F)cc3F)C(C)C2=O)cc1F. The van der Waals surface area contributed by atoms with E-state index in [0.717, 1.165) is 6.07 Å². The first kappa shape index (κ1) is 17.5. The average Bonchev–Trinajstić information content (AvgIpc) is 2.57. The van der Waals surface area contributed by atoms with Crippen LogP contribution in [0, 0.1) is 24.4 Å². The molecule has 1 aliphatic rings. The molecule has 25 heavy (non-hydrogen) atoms. The number of halogens is 3. The fraction of sp³-hybridized carbons (Fsp3) is 0.316. The van der Waals surface area contributed by atoms with E-state index < -0.39 is 17.7 Å². The molecule has 0 radical (unpaired) electrons. The smallest absolute Gasteiger partial charge is 0.244 e. The van der Waals surface area contributed by atoms with Crippen molar-refractivity contribution in [2.45, 2.75) is 26.4 Å². The standard InChI is InChI=1S/C19H19F3N2O/c1-12-3-6-16(10-17(12)21)24-8-7-23(13(2)19(24)25)11-14-4-5-15(20)9-18(14)22/h3-6,9-10,13H,7-8,11H2,1-2H3. The summed E-state index contributed by atoms with van der Waals surface area (Å²) in [6.45, 7) is 4.52. The quantitative estimate of drug-likeness (QED) is 0.845. The van der Waals surface area contributed by atoms with Crippen LogP contribution in [0.5, 0.6) is 0 Å². The van der Waals surface area contributed by atoms with Crippen LogP contribution in [0.4, 0.5) is 18.9 Å². The summed E-state index contributed by atoms with van der Waals surface area (Å²) in [4.78, 5) is 16.0. The Balaban J connectivity index is 1.75. The Morgan fingerprint density at radius 2 is 1.80 bits per heavy atom. The number of amides is 1. The van der Waals surface area contributed by atoms with Crippen LogP contribution in [0.25, 0.3) is 0 Å². The van der Waals surface area contributed by atoms with Crippen LogP contribution in [-0.4, -0.2) is 29.9 Å². The van der Waals surface area contributed by atoms with Crippen LogP contribution < -0.4 is 4.90 Å². The van der Waals surface area contributed by atoms with Crippen molar-refractivity contribution in [1.82, 2.24) is 4.90 Å². The van der Waals surface area contributed by atoms with Gasteiger partial charge in [0.15, 0.2) is 0 Å². The van der Waals surface area contributed by atoms with Gasteiger partial charge in [-0.2, -0.15) is 0 Å². The number of carbonyl (C=O) groups excluding carboxylic acids is 1. The van der Waals surface area contributed by atoms with Gasteiger partial charge in [-0.1, -0.05) is 12.1 Å². The molecule has 1 saturated heterocycles. The first-order valence-corrected chi connectivity index (χ1v) is 8.12. The maximum absolute atomic E-state index is 13.8. The molecule has 6 heteroatoms. The predicted molar refractivity (Wildman–Crippen MR) is 89.7 cm³/mol. The van der Waals surface area contributed by atoms with Crippen molar-refractivity contribution in [1.29, 1.82) is 0 Å². The lowest BCUT2D eigenvalue weighted by Crippen LogP contribution is -2.55. The third kappa shape index (κ3) is 3.54. The van der Waals surface area contributed by atoms with Gasteiger partial charge in [0, 0.05) is 37.0 Å². The van der Waals surface area contributed by atoms with E-state index in [-0.39, 0.29) is 18.3 Å². The van der Waals surface area contributed by atoms with Gasteiger partial charge in [-0.3, -0.25) is 9.69 Å². The molecule has 1 aliphatic heterocycles. The molecule has 0 spiro atoms. The van der Waals surface area contributed by atoms with Gasteiger partial charge < -0.3 is 4.90 Å². The van der Waals surface area contributed by atoms with E-state index in [2.05, 4.69) is 0 Å². The van der Waals surface area contributed by atoms with Crippen molar-refractivity contribution in [3.8, 4) is 0 Å². The zero-order chi connectivity index (χ0) is 18.1. The number of carbonyl (C=O) groups is 1. The molecule has 0 bridgehead atoms. The second kappa shape index (κ2) is 6.88. The topological polar surface area (TPSA) is 23.6 Å². The normalized spacial score (nSPS) is 18.7. The van der Waals surface area contributed by atoms with Crippen molar-refractivity contribution in [2.24, 2.45) is 0 Å². The fourth-order valence-corrected chi connectivity index (χ4v) is 3.00. The third-order valence-electron chi connectivity index (χ3n) is 4.64. The van der Waals surface area contributed by atoms with E-state index >= 15 is 0 Å². The fourth-order valence-electron chi connectivity index (χ4n) is 3.00. The minimum absolute atomic E-state index is 0.169. The van der Waals surface area contributed by atoms with Crippen molar-refractivity contribution >= 4 is 11.6 Å². The van der Waals surface area contributed by atoms with Gasteiger partial charge in [0.25, 0.3) is 0 Å². The van der Waals surface area contributed by atoms with Crippen LogP contribution in [0.15, 0.2) is 36.4 Å². The Kier molecular flexibility index (Phi) is 4.81. The maximum atomic E-state index is 13.8. The molecule has 2 aromatic rings. The molecule has 1 atom stereocenters. The van der Waals surface area contributed by atoms with Crippen LogP contribution in [0.1, 0.15) is 18.1 Å². The second-order valence-corrected chi connectivity index (χ2v) is 6.31. The monoisotopic (exact) mass is 348 g/mol. The molecule has 3 nitrogen and oxygen atoms in total. The van der Waals surface area contributed by atoms with E-state index in [1.807, 2.05) is 4.90 Å². The summed E-state index contributed by atoms with van der Waals surface area (Å²) in [5.41, 5.74) is 1.39. The first-order valence-electron chi connectivity index (χ1n) is 8.12. The number of rotatable bonds is 3. The lowest BCUT2D eigenvalue weighted by molar-refractivity contribution is -0.125. The molecule has 1 unspecified atom stereocenters. The lowest BCUT2D eigenvalue weighted by Gasteiger charge is -2.39. The zero-order valence-electron chi connectivity index (χ0n) is 14.1. The maximum Gasteiger partial charge on any atom is 0.244 e. The van der Waals surface area contributed by atoms with Gasteiger partial charge in [0.2, 0.25) is 5.91 Å². The molecule has 1 fully saturated rings. The van der Waals surface area contributed by atoms with Gasteiger partial charge in [-0.15, -0.1) is 0 Å². The summed E-state index contributed by atoms with van der Waals surface area (Å²) in [5, 5.41) is 0. The molecule has 2 aromatic carbocycles. The minimum Gasteiger partial charge on any atom is -0.310 e. The van der Waals surface area contributed by atoms with E-state index in [9.17, 15) is 18.0 Å². The highest BCUT2D eigenvalue weighted by molar-refractivity contribution is 5.97. The lowest BCUT2D eigenvalue weighted by atomic mass is 10.1. The van der Waals surface area contributed by atoms with E-state index in [1.54, 1.807) is 30.9 Å². The average molecular weight is 348 g/mol. The number of anilines is 1. The van der Waals surface area contributed by atoms with Gasteiger partial charge in [-0.05, 0) is 37.6 Å². The Labute approximate surface area is 144 Å². The van der Waals surface area contributed by atoms with Crippen molar-refractivity contribution in [3.05, 3.63) is 65.0 Å². The molecule has 1 heterocycles. The predicted octanol–water partition coefficient (Wildman–Crippen LogP) is 3.65. The summed E-state index contributed by atoms with van der Waals surface area (Å²) in [6, 6.07) is 7.67. The summed E-state index contributed by atoms with van der Waals surface area (Å²) in [6.07, 6.45) is 0. The van der Waals surface area contributed by atoms with E-state index in [0.29, 0.717) is 29.9 Å². The molecule has 0 aromatic heterocycles. The largest absolute Gasteiger partial charge is 0.310 e. The van der Waals surface area contributed by atoms with Crippen molar-refractivity contribution in [3.63, 3.8) is 0 Å². The van der Waals surface area contributed by atoms with Crippen LogP contribution >= 0.6 is 0 Å². The third-order valence-corrected chi connectivity index (χ3v) is 4.64. The van der Waals surface area contributed by atoms with Crippen LogP contribution in [0.2, 0.25) is 0 Å². The van der Waals surface area contributed by atoms with Gasteiger partial charge in [0.05, 0.1) is 6.04 Å². The van der Waals surface area contributed by atoms with Gasteiger partial charge >= 0.3 is 0 Å². The second-order valence-electron chi connectivity index (χ2n) is 6.31. The molecule has 132 valence electrons. The molecule has 0 N–H and O–H groups in total. The highest BCUT2D eigenvalue weighted by Crippen LogP contribution is 2.24. The number of nitrogens with zero attached hydrogens (tertiary/aromatic N) is 2. The van der Waals surface area contributed by atoms with E-state index in [1.165, 1.54) is 18.2 Å². The molecule has 1 amide bonds. The minimum atomic E-state index is -0.628. The van der Waals surface area contributed by atoms with Crippen LogP contribution in [0.3, 0.4) is 0 Å². The Hall–Kier alpha value is -2.34. The molecule has 0 saturated carbocycles. The number of hydrogen-bond donors (Lipinski definition) is 0. The number of benzene rings is 2. The molecular formula is C19H19F3N2O. The first-order chi connectivity index (χ1) is 11.9. The molecule has 0 aliphatic carbocycles. The van der Waals surface area contributed by atoms with Crippen molar-refractivity contribution in [2.75, 3.05) is 18.0 Å². The zero-order valence-corrected chi connectivity index (χ0v) is 14.1. The number of aryl methyl sites for hydroxylation is 1. The highest BCUT2D eigenvalue weighted by Gasteiger charge is 2.32. The number of piperazine rings is 1. The molecular weight excluding hydrogens is 329 g/mol. The Morgan fingerprint density at radius 3 is 2.48 bits per heavy atom. The summed E-state index contributed by atoms with van der Waals surface area (Å²) in [7, 11) is 0. The summed E-state index contributed by atoms with van der Waals surface area (Å²) in [5.74, 6) is -1.77. The Morgan fingerprint density at radius 1 is 1.04 bits per heavy atom. The summed E-state index contributed by atoms with van der Waals surface area (Å²) < 4.78 is 40.6. The van der Waals surface area contributed by atoms with Crippen molar-refractivity contribution < 1.29 is 18.0 Å². The summed E-state index contributed by atoms with van der Waals surface area (Å²) >= 11 is 0. The van der Waals surface area contributed by atoms with Gasteiger partial charge in [-0.25, -0.2) is 13.2 Å².